The fourth-order valence-electron chi connectivity index (χ4n) is 5.34. The number of β-amino-alcohol motifs (C(OH)–C–C–N with tert-alkyl or cyclic N) is 1. The van der Waals surface area contributed by atoms with Crippen molar-refractivity contribution in [2.75, 3.05) is 33.4 Å². The molecule has 7 heteroatoms. The number of nitrogens with zero attached hydrogens (tertiary/aromatic N) is 2. The Hall–Kier alpha value is -3.39. The van der Waals surface area contributed by atoms with Gasteiger partial charge in [-0.05, 0) is 85.4 Å². The van der Waals surface area contributed by atoms with Gasteiger partial charge in [-0.3, -0.25) is 0 Å². The lowest BCUT2D eigenvalue weighted by Gasteiger charge is -2.33. The van der Waals surface area contributed by atoms with Crippen LogP contribution in [0.25, 0.3) is 31.6 Å². The number of oxazole rings is 1. The highest BCUT2D eigenvalue weighted by Crippen LogP contribution is 2.38. The Balaban J connectivity index is 1.03. The van der Waals surface area contributed by atoms with Crippen molar-refractivity contribution in [3.63, 3.8) is 0 Å². The van der Waals surface area contributed by atoms with Crippen LogP contribution < -0.4 is 9.47 Å². The molecule has 0 radical (unpaired) electrons. The molecule has 1 aliphatic rings. The maximum absolute atomic E-state index is 10.8. The molecule has 2 aromatic heterocycles. The molecule has 0 saturated carbocycles. The number of aromatic nitrogens is 1. The molecule has 6 rings (SSSR count). The molecule has 3 aromatic carbocycles. The molecule has 0 aliphatic carbocycles. The Labute approximate surface area is 226 Å². The topological polar surface area (TPSA) is 68.0 Å². The van der Waals surface area contributed by atoms with Gasteiger partial charge in [0.05, 0.1) is 18.2 Å². The SMILES string of the molecule is COc1ccc2cc(C3CCN(C[C@H](O)COc4cccc5sc(-c6ncc(C)o6)cc45)CC3)ccc2c1. The summed E-state index contributed by atoms with van der Waals surface area (Å²) in [6.07, 6.45) is 3.36. The van der Waals surface area contributed by atoms with Crippen molar-refractivity contribution >= 4 is 32.2 Å². The van der Waals surface area contributed by atoms with E-state index in [1.807, 2.05) is 25.1 Å². The zero-order valence-electron chi connectivity index (χ0n) is 21.7. The molecule has 1 atom stereocenters. The van der Waals surface area contributed by atoms with Crippen molar-refractivity contribution in [2.45, 2.75) is 31.8 Å². The number of aliphatic hydroxyl groups is 1. The molecule has 5 aromatic rings. The van der Waals surface area contributed by atoms with Crippen molar-refractivity contribution in [1.29, 1.82) is 0 Å². The van der Waals surface area contributed by atoms with Gasteiger partial charge in [-0.1, -0.05) is 30.3 Å². The minimum atomic E-state index is -0.551. The Morgan fingerprint density at radius 3 is 2.68 bits per heavy atom. The second-order valence-electron chi connectivity index (χ2n) is 10.1. The lowest BCUT2D eigenvalue weighted by molar-refractivity contribution is 0.0599. The van der Waals surface area contributed by atoms with Crippen molar-refractivity contribution < 1.29 is 19.0 Å². The predicted octanol–water partition coefficient (Wildman–Crippen LogP) is 6.65. The standard InChI is InChI=1S/C31H32N2O4S/c1-20-17-32-31(37-20)30-16-27-28(4-3-5-29(27)38-30)36-19-25(34)18-33-12-10-21(11-13-33)22-6-7-24-15-26(35-2)9-8-23(24)14-22/h3-9,14-17,21,25,34H,10-13,18-19H2,1-2H3/t25-/m0/s1. The second-order valence-corrected chi connectivity index (χ2v) is 11.2. The molecule has 0 unspecified atom stereocenters. The van der Waals surface area contributed by atoms with Gasteiger partial charge < -0.3 is 23.9 Å². The van der Waals surface area contributed by atoms with Gasteiger partial charge in [0.2, 0.25) is 5.89 Å². The third kappa shape index (κ3) is 5.27. The molecule has 1 N–H and O–H groups in total. The van der Waals surface area contributed by atoms with Gasteiger partial charge >= 0.3 is 0 Å². The van der Waals surface area contributed by atoms with Crippen LogP contribution in [0.1, 0.15) is 30.1 Å². The quantitative estimate of drug-likeness (QED) is 0.243. The van der Waals surface area contributed by atoms with Crippen molar-refractivity contribution in [3.8, 4) is 22.3 Å². The summed E-state index contributed by atoms with van der Waals surface area (Å²) in [5.74, 6) is 3.63. The van der Waals surface area contributed by atoms with E-state index >= 15 is 0 Å². The molecule has 3 heterocycles. The number of hydrogen-bond donors (Lipinski definition) is 1. The summed E-state index contributed by atoms with van der Waals surface area (Å²) in [5.41, 5.74) is 1.40. The van der Waals surface area contributed by atoms with Gasteiger partial charge in [0.1, 0.15) is 30.0 Å². The monoisotopic (exact) mass is 528 g/mol. The van der Waals surface area contributed by atoms with Crippen molar-refractivity contribution in [2.24, 2.45) is 0 Å². The molecule has 6 nitrogen and oxygen atoms in total. The number of aryl methyl sites for hydroxylation is 1. The normalized spacial score (nSPS) is 15.8. The lowest BCUT2D eigenvalue weighted by atomic mass is 9.88. The lowest BCUT2D eigenvalue weighted by Crippen LogP contribution is -2.40. The average molecular weight is 529 g/mol. The number of piperidine rings is 1. The van der Waals surface area contributed by atoms with Gasteiger partial charge in [0, 0.05) is 16.6 Å². The Morgan fingerprint density at radius 2 is 1.89 bits per heavy atom. The minimum Gasteiger partial charge on any atom is -0.497 e. The maximum atomic E-state index is 10.8. The summed E-state index contributed by atoms with van der Waals surface area (Å²) in [5, 5.41) is 14.2. The first kappa shape index (κ1) is 24.9. The number of ether oxygens (including phenoxy) is 2. The van der Waals surface area contributed by atoms with Gasteiger partial charge in [-0.2, -0.15) is 0 Å². The van der Waals surface area contributed by atoms with E-state index in [1.54, 1.807) is 24.6 Å². The first-order valence-corrected chi connectivity index (χ1v) is 13.9. The molecule has 1 saturated heterocycles. The van der Waals surface area contributed by atoms with E-state index in [2.05, 4.69) is 52.3 Å². The molecule has 1 aliphatic heterocycles. The van der Waals surface area contributed by atoms with Crippen LogP contribution in [-0.4, -0.2) is 54.4 Å². The Bertz CT molecular complexity index is 1550. The van der Waals surface area contributed by atoms with Crippen LogP contribution in [-0.2, 0) is 0 Å². The summed E-state index contributed by atoms with van der Waals surface area (Å²) >= 11 is 1.63. The van der Waals surface area contributed by atoms with Gasteiger partial charge in [-0.15, -0.1) is 11.3 Å². The van der Waals surface area contributed by atoms with Crippen LogP contribution in [0.15, 0.2) is 71.3 Å². The van der Waals surface area contributed by atoms with Crippen LogP contribution in [0.5, 0.6) is 11.5 Å². The summed E-state index contributed by atoms with van der Waals surface area (Å²) in [6, 6.07) is 21.1. The maximum Gasteiger partial charge on any atom is 0.236 e. The zero-order valence-corrected chi connectivity index (χ0v) is 22.5. The fraction of sp³-hybridized carbons (Fsp3) is 0.323. The molecular weight excluding hydrogens is 496 g/mol. The molecule has 0 amide bonds. The van der Waals surface area contributed by atoms with Crippen LogP contribution in [0.4, 0.5) is 0 Å². The molecule has 38 heavy (non-hydrogen) atoms. The highest BCUT2D eigenvalue weighted by Gasteiger charge is 2.23. The number of likely N-dealkylation sites (tertiary alicyclic amines) is 1. The number of methoxy groups -OCH3 is 1. The predicted molar refractivity (Wildman–Crippen MR) is 152 cm³/mol. The summed E-state index contributed by atoms with van der Waals surface area (Å²) in [6.45, 7) is 4.72. The average Bonchev–Trinajstić information content (AvgIpc) is 3.58. The first-order valence-electron chi connectivity index (χ1n) is 13.1. The second kappa shape index (κ2) is 10.8. The number of hydrogen-bond acceptors (Lipinski definition) is 7. The van der Waals surface area contributed by atoms with Crippen LogP contribution in [0, 0.1) is 6.92 Å². The smallest absolute Gasteiger partial charge is 0.236 e. The van der Waals surface area contributed by atoms with E-state index in [0.717, 1.165) is 58.2 Å². The minimum absolute atomic E-state index is 0.260. The molecule has 0 bridgehead atoms. The van der Waals surface area contributed by atoms with E-state index in [9.17, 15) is 5.11 Å². The van der Waals surface area contributed by atoms with Gasteiger partial charge in [0.25, 0.3) is 0 Å². The highest BCUT2D eigenvalue weighted by molar-refractivity contribution is 7.22. The zero-order chi connectivity index (χ0) is 26.1. The van der Waals surface area contributed by atoms with E-state index < -0.39 is 6.10 Å². The number of aliphatic hydroxyl groups excluding tert-OH is 1. The van der Waals surface area contributed by atoms with Crippen LogP contribution >= 0.6 is 11.3 Å². The van der Waals surface area contributed by atoms with E-state index in [1.165, 1.54) is 16.3 Å². The number of rotatable bonds is 8. The van der Waals surface area contributed by atoms with E-state index in [4.69, 9.17) is 13.9 Å². The van der Waals surface area contributed by atoms with Gasteiger partial charge in [-0.25, -0.2) is 4.98 Å². The van der Waals surface area contributed by atoms with Crippen molar-refractivity contribution in [3.05, 3.63) is 78.2 Å². The van der Waals surface area contributed by atoms with Crippen molar-refractivity contribution in [1.82, 2.24) is 9.88 Å². The molecule has 196 valence electrons. The number of benzene rings is 3. The molecule has 1 fully saturated rings. The Morgan fingerprint density at radius 1 is 1.08 bits per heavy atom. The van der Waals surface area contributed by atoms with Crippen LogP contribution in [0.3, 0.4) is 0 Å². The summed E-state index contributed by atoms with van der Waals surface area (Å²) in [4.78, 5) is 7.67. The highest BCUT2D eigenvalue weighted by atomic mass is 32.1. The largest absolute Gasteiger partial charge is 0.497 e. The van der Waals surface area contributed by atoms with E-state index in [-0.39, 0.29) is 6.61 Å². The Kier molecular flexibility index (Phi) is 7.06. The van der Waals surface area contributed by atoms with E-state index in [0.29, 0.717) is 18.4 Å². The number of fused-ring (bicyclic) bond motifs is 2. The third-order valence-corrected chi connectivity index (χ3v) is 8.47. The summed E-state index contributed by atoms with van der Waals surface area (Å²) < 4.78 is 18.2. The summed E-state index contributed by atoms with van der Waals surface area (Å²) in [7, 11) is 1.70. The van der Waals surface area contributed by atoms with Crippen LogP contribution in [0.2, 0.25) is 0 Å². The number of thiophene rings is 1. The fourth-order valence-corrected chi connectivity index (χ4v) is 6.35. The first-order chi connectivity index (χ1) is 18.6. The third-order valence-electron chi connectivity index (χ3n) is 7.38. The van der Waals surface area contributed by atoms with Gasteiger partial charge in [0.15, 0.2) is 0 Å². The molecule has 0 spiro atoms. The molecular formula is C31H32N2O4S.